The Kier molecular flexibility index (Phi) is 8.45. The van der Waals surface area contributed by atoms with Crippen LogP contribution in [0.1, 0.15) is 35.2 Å². The number of amides is 2. The molecule has 0 aliphatic rings. The predicted octanol–water partition coefficient (Wildman–Crippen LogP) is 4.25. The van der Waals surface area contributed by atoms with Crippen LogP contribution in [0.25, 0.3) is 11.1 Å². The van der Waals surface area contributed by atoms with Gasteiger partial charge in [0, 0.05) is 23.7 Å². The van der Waals surface area contributed by atoms with E-state index in [0.717, 1.165) is 12.1 Å². The Morgan fingerprint density at radius 1 is 1.08 bits per heavy atom. The molecule has 0 radical (unpaired) electrons. The highest BCUT2D eigenvalue weighted by molar-refractivity contribution is 7.80. The molecule has 1 unspecified atom stereocenters. The number of carbonyl (C=O) groups is 2. The fraction of sp³-hybridized carbons (Fsp3) is 0.200. The molecule has 11 heteroatoms. The number of halogens is 3. The van der Waals surface area contributed by atoms with Gasteiger partial charge in [0.1, 0.15) is 11.5 Å². The molecule has 0 aliphatic carbocycles. The third-order valence-corrected chi connectivity index (χ3v) is 5.56. The minimum atomic E-state index is -4.54. The van der Waals surface area contributed by atoms with Crippen LogP contribution in [0.15, 0.2) is 65.5 Å². The van der Waals surface area contributed by atoms with Crippen molar-refractivity contribution in [3.8, 4) is 17.2 Å². The molecule has 2 amide bonds. The second-order valence-electron chi connectivity index (χ2n) is 7.73. The van der Waals surface area contributed by atoms with E-state index in [4.69, 9.17) is 21.9 Å². The first kappa shape index (κ1) is 26.4. The normalized spacial score (nSPS) is 11.8. The molecule has 3 rings (SSSR count). The van der Waals surface area contributed by atoms with Gasteiger partial charge in [-0.1, -0.05) is 36.5 Å². The lowest BCUT2D eigenvalue weighted by Gasteiger charge is -2.20. The summed E-state index contributed by atoms with van der Waals surface area (Å²) in [4.78, 5) is 23.8. The van der Waals surface area contributed by atoms with E-state index in [1.54, 1.807) is 49.4 Å². The van der Waals surface area contributed by atoms with Gasteiger partial charge in [-0.05, 0) is 47.9 Å². The molecule has 3 N–H and O–H groups in total. The van der Waals surface area contributed by atoms with Crippen molar-refractivity contribution in [1.82, 2.24) is 16.0 Å². The zero-order valence-corrected chi connectivity index (χ0v) is 19.8. The smallest absolute Gasteiger partial charge is 0.416 e. The second kappa shape index (κ2) is 11.5. The molecule has 0 saturated heterocycles. The molecule has 0 aliphatic heterocycles. The van der Waals surface area contributed by atoms with Crippen LogP contribution in [0.2, 0.25) is 0 Å². The maximum absolute atomic E-state index is 13.6. The van der Waals surface area contributed by atoms with Gasteiger partial charge in [-0.3, -0.25) is 9.59 Å². The van der Waals surface area contributed by atoms with Crippen LogP contribution in [0.3, 0.4) is 0 Å². The number of furan rings is 1. The minimum Gasteiger partial charge on any atom is -0.472 e. The van der Waals surface area contributed by atoms with Crippen molar-refractivity contribution in [3.05, 3.63) is 83.3 Å². The number of rotatable bonds is 7. The van der Waals surface area contributed by atoms with Gasteiger partial charge in [-0.15, -0.1) is 0 Å². The first-order chi connectivity index (χ1) is 17.1. The largest absolute Gasteiger partial charge is 0.472 e. The SMILES string of the molecule is CC(NC(=S)c1ccccc1CNC(=O)C(=O)NCC#N)c1cc(-c2ccoc2)cc(C(F)(F)F)c1. The number of thiocarbonyl (C=S) groups is 1. The molecule has 36 heavy (non-hydrogen) atoms. The molecule has 0 bridgehead atoms. The van der Waals surface area contributed by atoms with E-state index in [0.29, 0.717) is 27.8 Å². The summed E-state index contributed by atoms with van der Waals surface area (Å²) < 4.78 is 45.7. The third kappa shape index (κ3) is 6.70. The monoisotopic (exact) mass is 514 g/mol. The third-order valence-electron chi connectivity index (χ3n) is 5.22. The van der Waals surface area contributed by atoms with Crippen LogP contribution < -0.4 is 16.0 Å². The van der Waals surface area contributed by atoms with E-state index < -0.39 is 29.6 Å². The Balaban J connectivity index is 1.78. The molecule has 0 spiro atoms. The van der Waals surface area contributed by atoms with Crippen LogP contribution in [-0.2, 0) is 22.3 Å². The molecule has 0 saturated carbocycles. The van der Waals surface area contributed by atoms with E-state index in [9.17, 15) is 22.8 Å². The van der Waals surface area contributed by atoms with Gasteiger partial charge in [0.05, 0.1) is 24.2 Å². The lowest BCUT2D eigenvalue weighted by molar-refractivity contribution is -0.139. The Labute approximate surface area is 210 Å². The fourth-order valence-corrected chi connectivity index (χ4v) is 3.75. The van der Waals surface area contributed by atoms with Gasteiger partial charge in [-0.25, -0.2) is 0 Å². The Bertz CT molecular complexity index is 1300. The standard InChI is InChI=1S/C25H21F3N4O3S/c1-15(18-10-19(17-6-9-35-14-17)12-20(11-18)25(26,27)28)32-24(36)21-5-3-2-4-16(21)13-31-23(34)22(33)30-8-7-29/h2-6,9-12,14-15H,8,13H2,1H3,(H,30,33)(H,31,34)(H,32,36). The van der Waals surface area contributed by atoms with Crippen molar-refractivity contribution < 1.29 is 27.2 Å². The van der Waals surface area contributed by atoms with E-state index in [-0.39, 0.29) is 18.1 Å². The van der Waals surface area contributed by atoms with E-state index in [1.807, 2.05) is 0 Å². The average Bonchev–Trinajstić information content (AvgIpc) is 3.40. The molecule has 1 heterocycles. The number of hydrogen-bond donors (Lipinski definition) is 3. The average molecular weight is 515 g/mol. The fourth-order valence-electron chi connectivity index (χ4n) is 3.37. The predicted molar refractivity (Wildman–Crippen MR) is 129 cm³/mol. The maximum atomic E-state index is 13.6. The number of nitriles is 1. The molecule has 3 aromatic rings. The number of hydrogen-bond acceptors (Lipinski definition) is 5. The topological polar surface area (TPSA) is 107 Å². The highest BCUT2D eigenvalue weighted by Gasteiger charge is 2.32. The first-order valence-electron chi connectivity index (χ1n) is 10.7. The minimum absolute atomic E-state index is 0.0284. The highest BCUT2D eigenvalue weighted by Crippen LogP contribution is 2.35. The molecule has 2 aromatic carbocycles. The first-order valence-corrected chi connectivity index (χ1v) is 11.1. The summed E-state index contributed by atoms with van der Waals surface area (Å²) in [5, 5.41) is 16.1. The Hall–Kier alpha value is -4.17. The number of carbonyl (C=O) groups excluding carboxylic acids is 2. The van der Waals surface area contributed by atoms with E-state index in [1.165, 1.54) is 12.5 Å². The second-order valence-corrected chi connectivity index (χ2v) is 8.14. The van der Waals surface area contributed by atoms with Crippen molar-refractivity contribution >= 4 is 29.0 Å². The zero-order valence-electron chi connectivity index (χ0n) is 19.0. The molecular formula is C25H21F3N4O3S. The lowest BCUT2D eigenvalue weighted by atomic mass is 9.97. The maximum Gasteiger partial charge on any atom is 0.416 e. The van der Waals surface area contributed by atoms with E-state index in [2.05, 4.69) is 16.0 Å². The highest BCUT2D eigenvalue weighted by atomic mass is 32.1. The van der Waals surface area contributed by atoms with Crippen LogP contribution in [-0.4, -0.2) is 23.3 Å². The molecule has 0 fully saturated rings. The van der Waals surface area contributed by atoms with Gasteiger partial charge in [0.15, 0.2) is 0 Å². The van der Waals surface area contributed by atoms with Crippen LogP contribution in [0.4, 0.5) is 13.2 Å². The van der Waals surface area contributed by atoms with Gasteiger partial charge in [-0.2, -0.15) is 18.4 Å². The number of nitrogens with one attached hydrogen (secondary N) is 3. The van der Waals surface area contributed by atoms with Crippen molar-refractivity contribution in [2.75, 3.05) is 6.54 Å². The van der Waals surface area contributed by atoms with Crippen LogP contribution in [0, 0.1) is 11.3 Å². The van der Waals surface area contributed by atoms with Crippen molar-refractivity contribution in [2.24, 2.45) is 0 Å². The van der Waals surface area contributed by atoms with Crippen molar-refractivity contribution in [2.45, 2.75) is 25.7 Å². The van der Waals surface area contributed by atoms with Crippen molar-refractivity contribution in [1.29, 1.82) is 5.26 Å². The van der Waals surface area contributed by atoms with Crippen LogP contribution in [0.5, 0.6) is 0 Å². The van der Waals surface area contributed by atoms with Gasteiger partial charge < -0.3 is 20.4 Å². The van der Waals surface area contributed by atoms with E-state index >= 15 is 0 Å². The summed E-state index contributed by atoms with van der Waals surface area (Å²) in [6.45, 7) is 1.36. The number of benzene rings is 2. The van der Waals surface area contributed by atoms with Gasteiger partial charge in [0.25, 0.3) is 0 Å². The number of nitrogens with zero attached hydrogens (tertiary/aromatic N) is 1. The number of alkyl halides is 3. The summed E-state index contributed by atoms with van der Waals surface area (Å²) in [6.07, 6.45) is -1.79. The summed E-state index contributed by atoms with van der Waals surface area (Å²) >= 11 is 5.52. The summed E-state index contributed by atoms with van der Waals surface area (Å²) in [5.41, 5.74) is 1.56. The molecule has 1 aromatic heterocycles. The molecule has 186 valence electrons. The molecular weight excluding hydrogens is 493 g/mol. The molecule has 1 atom stereocenters. The van der Waals surface area contributed by atoms with Gasteiger partial charge >= 0.3 is 18.0 Å². The van der Waals surface area contributed by atoms with Gasteiger partial charge in [0.2, 0.25) is 0 Å². The molecule has 7 nitrogen and oxygen atoms in total. The quantitative estimate of drug-likeness (QED) is 0.247. The lowest BCUT2D eigenvalue weighted by Crippen LogP contribution is -2.40. The summed E-state index contributed by atoms with van der Waals surface area (Å²) in [7, 11) is 0. The Morgan fingerprint density at radius 2 is 1.81 bits per heavy atom. The zero-order chi connectivity index (χ0) is 26.3. The summed E-state index contributed by atoms with van der Waals surface area (Å²) in [5.74, 6) is -1.86. The van der Waals surface area contributed by atoms with Crippen LogP contribution >= 0.6 is 12.2 Å². The Morgan fingerprint density at radius 3 is 2.47 bits per heavy atom. The summed E-state index contributed by atoms with van der Waals surface area (Å²) in [6, 6.07) is 13.3. The van der Waals surface area contributed by atoms with Crippen molar-refractivity contribution in [3.63, 3.8) is 0 Å².